The maximum Gasteiger partial charge on any atom is 0.425 e. The lowest BCUT2D eigenvalue weighted by Crippen LogP contribution is -2.48. The number of halogens is 3. The number of alkyl halides is 3. The Morgan fingerprint density at radius 1 is 0.737 bits per heavy atom. The molecule has 9 nitrogen and oxygen atoms in total. The van der Waals surface area contributed by atoms with Crippen LogP contribution in [0.2, 0.25) is 0 Å². The quantitative estimate of drug-likeness (QED) is 0.257. The molecule has 0 aromatic rings. The Labute approximate surface area is 222 Å². The van der Waals surface area contributed by atoms with Crippen molar-refractivity contribution in [1.82, 2.24) is 0 Å². The zero-order chi connectivity index (χ0) is 31.4. The predicted molar refractivity (Wildman–Crippen MR) is 135 cm³/mol. The molecule has 0 aromatic heterocycles. The summed E-state index contributed by atoms with van der Waals surface area (Å²) in [7, 11) is 1.23. The summed E-state index contributed by atoms with van der Waals surface area (Å²) in [6.07, 6.45) is -6.59. The van der Waals surface area contributed by atoms with Crippen molar-refractivity contribution < 1.29 is 56.4 Å². The summed E-state index contributed by atoms with van der Waals surface area (Å²) in [6, 6.07) is 0. The number of carbonyl (C=O) groups excluding carboxylic acids is 4. The first-order chi connectivity index (χ1) is 16.6. The van der Waals surface area contributed by atoms with Gasteiger partial charge in [-0.15, -0.1) is 0 Å². The van der Waals surface area contributed by atoms with Crippen LogP contribution in [-0.2, 0) is 38.1 Å². The maximum atomic E-state index is 11.8. The van der Waals surface area contributed by atoms with E-state index in [1.807, 2.05) is 0 Å². The highest BCUT2D eigenvalue weighted by molar-refractivity contribution is 5.90. The van der Waals surface area contributed by atoms with Crippen LogP contribution in [0, 0.1) is 0 Å². The van der Waals surface area contributed by atoms with Gasteiger partial charge in [0, 0.05) is 16.7 Å². The highest BCUT2D eigenvalue weighted by atomic mass is 19.4. The maximum absolute atomic E-state index is 11.8. The Bertz CT molecular complexity index is 893. The van der Waals surface area contributed by atoms with E-state index in [4.69, 9.17) is 9.47 Å². The summed E-state index contributed by atoms with van der Waals surface area (Å²) < 4.78 is 53.7. The van der Waals surface area contributed by atoms with Gasteiger partial charge in [0.1, 0.15) is 5.60 Å². The zero-order valence-electron chi connectivity index (χ0n) is 24.0. The number of methoxy groups -OCH3 is 1. The summed E-state index contributed by atoms with van der Waals surface area (Å²) in [5, 5.41) is 9.67. The first-order valence-corrected chi connectivity index (χ1v) is 11.2. The number of rotatable bonds is 8. The first-order valence-electron chi connectivity index (χ1n) is 11.2. The molecular formula is C26H41F3O9. The van der Waals surface area contributed by atoms with Gasteiger partial charge in [-0.05, 0) is 69.2 Å². The normalized spacial score (nSPS) is 12.2. The molecule has 0 aliphatic heterocycles. The fourth-order valence-electron chi connectivity index (χ4n) is 1.38. The molecule has 0 aromatic carbocycles. The summed E-state index contributed by atoms with van der Waals surface area (Å²) in [5.41, 5.74) is -2.72. The van der Waals surface area contributed by atoms with Crippen molar-refractivity contribution in [2.75, 3.05) is 7.11 Å². The van der Waals surface area contributed by atoms with E-state index < -0.39 is 53.0 Å². The Kier molecular flexibility index (Phi) is 15.9. The van der Waals surface area contributed by atoms with E-state index >= 15 is 0 Å². The van der Waals surface area contributed by atoms with Crippen molar-refractivity contribution in [3.8, 4) is 0 Å². The molecule has 0 rings (SSSR count). The van der Waals surface area contributed by atoms with Crippen LogP contribution in [0.1, 0.15) is 69.2 Å². The second-order valence-corrected chi connectivity index (χ2v) is 9.78. The minimum absolute atomic E-state index is 0.0499. The van der Waals surface area contributed by atoms with Gasteiger partial charge < -0.3 is 24.1 Å². The SMILES string of the molecule is C=C(C)C(=O)OC(C)(C)C(=O)OC.C=C(C)C(=O)OC(C)(C)C(C)(C)O.C=C(C)C(=O)OC(C)C(F)(F)F. The van der Waals surface area contributed by atoms with Crippen molar-refractivity contribution in [1.29, 1.82) is 0 Å². The average molecular weight is 555 g/mol. The van der Waals surface area contributed by atoms with Gasteiger partial charge in [0.2, 0.25) is 5.60 Å². The number of carbonyl (C=O) groups is 4. The molecule has 0 aliphatic rings. The van der Waals surface area contributed by atoms with Crippen LogP contribution in [0.4, 0.5) is 13.2 Å². The molecule has 0 heterocycles. The molecule has 1 atom stereocenters. The van der Waals surface area contributed by atoms with E-state index in [1.165, 1.54) is 34.8 Å². The smallest absolute Gasteiger partial charge is 0.425 e. The largest absolute Gasteiger partial charge is 0.466 e. The number of esters is 4. The van der Waals surface area contributed by atoms with Crippen LogP contribution >= 0.6 is 0 Å². The first kappa shape index (κ1) is 39.4. The van der Waals surface area contributed by atoms with E-state index in [-0.39, 0.29) is 11.1 Å². The predicted octanol–water partition coefficient (Wildman–Crippen LogP) is 4.77. The van der Waals surface area contributed by atoms with E-state index in [1.54, 1.807) is 34.6 Å². The topological polar surface area (TPSA) is 125 Å². The molecular weight excluding hydrogens is 513 g/mol. The lowest BCUT2D eigenvalue weighted by molar-refractivity contribution is -0.213. The van der Waals surface area contributed by atoms with Gasteiger partial charge in [-0.1, -0.05) is 19.7 Å². The second-order valence-electron chi connectivity index (χ2n) is 9.78. The average Bonchev–Trinajstić information content (AvgIpc) is 2.71. The van der Waals surface area contributed by atoms with Crippen LogP contribution in [0.25, 0.3) is 0 Å². The van der Waals surface area contributed by atoms with Crippen molar-refractivity contribution >= 4 is 23.9 Å². The summed E-state index contributed by atoms with van der Waals surface area (Å²) in [4.78, 5) is 43.9. The molecule has 0 saturated heterocycles. The van der Waals surface area contributed by atoms with Gasteiger partial charge in [0.15, 0.2) is 6.10 Å². The third kappa shape index (κ3) is 15.9. The molecule has 220 valence electrons. The van der Waals surface area contributed by atoms with Gasteiger partial charge in [-0.2, -0.15) is 13.2 Å². The third-order valence-corrected chi connectivity index (χ3v) is 4.64. The van der Waals surface area contributed by atoms with Gasteiger partial charge in [0.05, 0.1) is 12.7 Å². The molecule has 0 spiro atoms. The Morgan fingerprint density at radius 3 is 1.34 bits per heavy atom. The second kappa shape index (κ2) is 15.3. The van der Waals surface area contributed by atoms with Crippen molar-refractivity contribution in [3.05, 3.63) is 36.5 Å². The fourth-order valence-corrected chi connectivity index (χ4v) is 1.38. The fraction of sp³-hybridized carbons (Fsp3) is 0.615. The number of aliphatic hydroxyl groups is 1. The summed E-state index contributed by atoms with van der Waals surface area (Å²) >= 11 is 0. The molecule has 0 bridgehead atoms. The molecule has 0 amide bonds. The third-order valence-electron chi connectivity index (χ3n) is 4.64. The highest BCUT2D eigenvalue weighted by Gasteiger charge is 2.39. The van der Waals surface area contributed by atoms with Crippen molar-refractivity contribution in [2.24, 2.45) is 0 Å². The lowest BCUT2D eigenvalue weighted by Gasteiger charge is -2.36. The minimum atomic E-state index is -4.51. The molecule has 0 fully saturated rings. The summed E-state index contributed by atoms with van der Waals surface area (Å²) in [5.74, 6) is -2.70. The molecule has 1 N–H and O–H groups in total. The molecule has 0 aliphatic carbocycles. The van der Waals surface area contributed by atoms with Crippen LogP contribution in [0.5, 0.6) is 0 Å². The van der Waals surface area contributed by atoms with Gasteiger partial charge in [-0.25, -0.2) is 19.2 Å². The Morgan fingerprint density at radius 2 is 1.08 bits per heavy atom. The van der Waals surface area contributed by atoms with E-state index in [0.29, 0.717) is 5.57 Å². The minimum Gasteiger partial charge on any atom is -0.466 e. The number of ether oxygens (including phenoxy) is 4. The van der Waals surface area contributed by atoms with E-state index in [0.717, 1.165) is 6.92 Å². The van der Waals surface area contributed by atoms with Crippen LogP contribution < -0.4 is 0 Å². The summed E-state index contributed by atoms with van der Waals surface area (Å²) in [6.45, 7) is 24.6. The van der Waals surface area contributed by atoms with Crippen molar-refractivity contribution in [3.63, 3.8) is 0 Å². The van der Waals surface area contributed by atoms with Gasteiger partial charge in [-0.3, -0.25) is 0 Å². The van der Waals surface area contributed by atoms with Crippen LogP contribution in [0.3, 0.4) is 0 Å². The zero-order valence-corrected chi connectivity index (χ0v) is 24.0. The standard InChI is InChI=1S/C10H18O3.C9H14O4.C7H9F3O2/c1-7(2)8(11)13-10(5,6)9(3,4)12;1-6(2)7(10)13-9(3,4)8(11)12-5;1-4(2)6(11)12-5(3)7(8,9)10/h12H,1H2,2-6H3;1H2,2-5H3;5H,1H2,2-3H3. The van der Waals surface area contributed by atoms with Crippen molar-refractivity contribution in [2.45, 2.75) is 98.3 Å². The van der Waals surface area contributed by atoms with Gasteiger partial charge in [0.25, 0.3) is 0 Å². The number of hydrogen-bond acceptors (Lipinski definition) is 9. The Balaban J connectivity index is -0.000000484. The molecule has 0 radical (unpaired) electrons. The molecule has 38 heavy (non-hydrogen) atoms. The monoisotopic (exact) mass is 554 g/mol. The van der Waals surface area contributed by atoms with E-state index in [2.05, 4.69) is 29.2 Å². The van der Waals surface area contributed by atoms with Gasteiger partial charge >= 0.3 is 30.1 Å². The highest BCUT2D eigenvalue weighted by Crippen LogP contribution is 2.26. The lowest BCUT2D eigenvalue weighted by atomic mass is 9.89. The Hall–Kier alpha value is -3.15. The van der Waals surface area contributed by atoms with E-state index in [9.17, 15) is 37.5 Å². The number of hydrogen-bond donors (Lipinski definition) is 1. The molecule has 1 unspecified atom stereocenters. The molecule has 0 saturated carbocycles. The van der Waals surface area contributed by atoms with Crippen LogP contribution in [-0.4, -0.2) is 65.2 Å². The van der Waals surface area contributed by atoms with Crippen LogP contribution in [0.15, 0.2) is 36.5 Å². The molecule has 12 heteroatoms.